The predicted octanol–water partition coefficient (Wildman–Crippen LogP) is 2.65. The van der Waals surface area contributed by atoms with Crippen LogP contribution >= 0.6 is 0 Å². The molecule has 1 fully saturated rings. The van der Waals surface area contributed by atoms with Gasteiger partial charge in [-0.25, -0.2) is 4.79 Å². The van der Waals surface area contributed by atoms with Gasteiger partial charge in [-0.05, 0) is 29.8 Å². The summed E-state index contributed by atoms with van der Waals surface area (Å²) in [6, 6.07) is 17.6. The first-order valence-electron chi connectivity index (χ1n) is 9.75. The fourth-order valence-corrected chi connectivity index (χ4v) is 3.31. The summed E-state index contributed by atoms with van der Waals surface area (Å²) in [7, 11) is 3.20. The van der Waals surface area contributed by atoms with Crippen LogP contribution in [0.25, 0.3) is 0 Å². The van der Waals surface area contributed by atoms with Gasteiger partial charge < -0.3 is 19.9 Å². The summed E-state index contributed by atoms with van der Waals surface area (Å²) in [6.45, 7) is 4.23. The van der Waals surface area contributed by atoms with Crippen molar-refractivity contribution >= 4 is 23.4 Å². The van der Waals surface area contributed by atoms with Crippen molar-refractivity contribution in [1.29, 1.82) is 0 Å². The van der Waals surface area contributed by atoms with Crippen molar-refractivity contribution in [2.24, 2.45) is 0 Å². The molecule has 1 heterocycles. The molecular formula is C22H28N4O3. The maximum absolute atomic E-state index is 12.4. The minimum absolute atomic E-state index is 0.141. The van der Waals surface area contributed by atoms with E-state index in [2.05, 4.69) is 15.1 Å². The third kappa shape index (κ3) is 5.96. The number of rotatable bonds is 6. The van der Waals surface area contributed by atoms with Gasteiger partial charge >= 0.3 is 12.0 Å². The zero-order valence-corrected chi connectivity index (χ0v) is 17.0. The van der Waals surface area contributed by atoms with Crippen LogP contribution in [0.15, 0.2) is 54.6 Å². The maximum atomic E-state index is 12.4. The van der Waals surface area contributed by atoms with Gasteiger partial charge in [0.25, 0.3) is 0 Å². The number of piperazine rings is 1. The highest BCUT2D eigenvalue weighted by atomic mass is 16.5. The second-order valence-electron chi connectivity index (χ2n) is 7.16. The Morgan fingerprint density at radius 3 is 2.28 bits per heavy atom. The third-order valence-electron chi connectivity index (χ3n) is 5.05. The number of ether oxygens (including phenoxy) is 1. The molecule has 0 radical (unpaired) electrons. The Kier molecular flexibility index (Phi) is 7.08. The molecule has 2 aromatic rings. The lowest BCUT2D eigenvalue weighted by atomic mass is 10.2. The summed E-state index contributed by atoms with van der Waals surface area (Å²) < 4.78 is 4.73. The van der Waals surface area contributed by atoms with Crippen LogP contribution in [0.5, 0.6) is 0 Å². The molecule has 7 nitrogen and oxygen atoms in total. The van der Waals surface area contributed by atoms with Gasteiger partial charge in [0, 0.05) is 51.1 Å². The first-order chi connectivity index (χ1) is 14.0. The Bertz CT molecular complexity index is 803. The van der Waals surface area contributed by atoms with Crippen LogP contribution in [0.1, 0.15) is 5.56 Å². The molecule has 1 saturated heterocycles. The van der Waals surface area contributed by atoms with Crippen LogP contribution in [0.3, 0.4) is 0 Å². The van der Waals surface area contributed by atoms with E-state index in [0.29, 0.717) is 13.1 Å². The van der Waals surface area contributed by atoms with Gasteiger partial charge in [-0.15, -0.1) is 0 Å². The average Bonchev–Trinajstić information content (AvgIpc) is 2.75. The summed E-state index contributed by atoms with van der Waals surface area (Å²) in [5.74, 6) is -0.198. The molecule has 0 atom stereocenters. The van der Waals surface area contributed by atoms with Crippen LogP contribution < -0.4 is 10.2 Å². The molecule has 0 aromatic heterocycles. The van der Waals surface area contributed by atoms with E-state index in [9.17, 15) is 9.59 Å². The second-order valence-corrected chi connectivity index (χ2v) is 7.16. The van der Waals surface area contributed by atoms with E-state index in [1.165, 1.54) is 7.11 Å². The molecule has 1 aliphatic rings. The van der Waals surface area contributed by atoms with Crippen LogP contribution in [0.2, 0.25) is 0 Å². The largest absolute Gasteiger partial charge is 0.468 e. The number of esters is 1. The Morgan fingerprint density at radius 1 is 1.00 bits per heavy atom. The molecule has 0 saturated carbocycles. The van der Waals surface area contributed by atoms with Crippen molar-refractivity contribution in [2.75, 3.05) is 57.1 Å². The van der Waals surface area contributed by atoms with Gasteiger partial charge in [-0.2, -0.15) is 0 Å². The van der Waals surface area contributed by atoms with Crippen molar-refractivity contribution in [3.05, 3.63) is 60.2 Å². The number of carbonyl (C=O) groups excluding carboxylic acids is 2. The van der Waals surface area contributed by atoms with E-state index < -0.39 is 0 Å². The van der Waals surface area contributed by atoms with Gasteiger partial charge in [0.05, 0.1) is 13.7 Å². The minimum Gasteiger partial charge on any atom is -0.468 e. The predicted molar refractivity (Wildman–Crippen MR) is 114 cm³/mol. The highest BCUT2D eigenvalue weighted by molar-refractivity contribution is 5.89. The number of urea groups is 1. The van der Waals surface area contributed by atoms with Crippen LogP contribution in [-0.4, -0.2) is 68.7 Å². The number of nitrogens with zero attached hydrogens (tertiary/aromatic N) is 3. The quantitative estimate of drug-likeness (QED) is 0.761. The Labute approximate surface area is 171 Å². The molecule has 0 unspecified atom stereocenters. The smallest absolute Gasteiger partial charge is 0.321 e. The van der Waals surface area contributed by atoms with Crippen molar-refractivity contribution in [2.45, 2.75) is 6.54 Å². The summed E-state index contributed by atoms with van der Waals surface area (Å²) in [5, 5.41) is 2.94. The van der Waals surface area contributed by atoms with E-state index in [-0.39, 0.29) is 12.0 Å². The van der Waals surface area contributed by atoms with E-state index in [4.69, 9.17) is 4.74 Å². The van der Waals surface area contributed by atoms with Gasteiger partial charge in [0.2, 0.25) is 0 Å². The molecule has 154 valence electrons. The Hall–Kier alpha value is -3.06. The monoisotopic (exact) mass is 396 g/mol. The molecular weight excluding hydrogens is 368 g/mol. The number of anilines is 2. The Balaban J connectivity index is 1.49. The number of carbonyl (C=O) groups is 2. The second kappa shape index (κ2) is 9.93. The van der Waals surface area contributed by atoms with E-state index >= 15 is 0 Å². The first kappa shape index (κ1) is 20.7. The van der Waals surface area contributed by atoms with Crippen molar-refractivity contribution in [1.82, 2.24) is 9.80 Å². The van der Waals surface area contributed by atoms with Crippen molar-refractivity contribution in [3.63, 3.8) is 0 Å². The normalized spacial score (nSPS) is 14.3. The molecule has 2 aromatic carbocycles. The van der Waals surface area contributed by atoms with Crippen LogP contribution in [-0.2, 0) is 16.1 Å². The summed E-state index contributed by atoms with van der Waals surface area (Å²) >= 11 is 0. The summed E-state index contributed by atoms with van der Waals surface area (Å²) in [6.07, 6.45) is 0. The molecule has 2 amide bonds. The number of hydrogen-bond acceptors (Lipinski definition) is 5. The van der Waals surface area contributed by atoms with E-state index in [1.54, 1.807) is 11.9 Å². The lowest BCUT2D eigenvalue weighted by molar-refractivity contribution is -0.142. The molecule has 1 N–H and O–H groups in total. The summed E-state index contributed by atoms with van der Waals surface area (Å²) in [4.78, 5) is 29.8. The maximum Gasteiger partial charge on any atom is 0.321 e. The van der Waals surface area contributed by atoms with Gasteiger partial charge in [-0.3, -0.25) is 9.69 Å². The average molecular weight is 396 g/mol. The number of hydrogen-bond donors (Lipinski definition) is 1. The van der Waals surface area contributed by atoms with Gasteiger partial charge in [-0.1, -0.05) is 30.3 Å². The van der Waals surface area contributed by atoms with Gasteiger partial charge in [0.1, 0.15) is 0 Å². The highest BCUT2D eigenvalue weighted by Crippen LogP contribution is 2.20. The molecule has 7 heteroatoms. The first-order valence-corrected chi connectivity index (χ1v) is 9.75. The highest BCUT2D eigenvalue weighted by Gasteiger charge is 2.19. The molecule has 1 aliphatic heterocycles. The third-order valence-corrected chi connectivity index (χ3v) is 5.05. The fraction of sp³-hybridized carbons (Fsp3) is 0.364. The number of methoxy groups -OCH3 is 1. The topological polar surface area (TPSA) is 65.1 Å². The lowest BCUT2D eigenvalue weighted by Gasteiger charge is -2.35. The SMILES string of the molecule is COC(=O)CN1CCN(c2ccc(NC(=O)N(C)Cc3ccccc3)cc2)CC1. The Morgan fingerprint density at radius 2 is 1.66 bits per heavy atom. The molecule has 0 aliphatic carbocycles. The number of nitrogens with one attached hydrogen (secondary N) is 1. The molecule has 29 heavy (non-hydrogen) atoms. The van der Waals surface area contributed by atoms with E-state index in [1.807, 2.05) is 54.6 Å². The van der Waals surface area contributed by atoms with Gasteiger partial charge in [0.15, 0.2) is 0 Å². The zero-order chi connectivity index (χ0) is 20.6. The lowest BCUT2D eigenvalue weighted by Crippen LogP contribution is -2.48. The molecule has 0 bridgehead atoms. The van der Waals surface area contributed by atoms with E-state index in [0.717, 1.165) is 43.1 Å². The zero-order valence-electron chi connectivity index (χ0n) is 17.0. The standard InChI is InChI=1S/C22H28N4O3/c1-24(16-18-6-4-3-5-7-18)22(28)23-19-8-10-20(11-9-19)26-14-12-25(13-15-26)17-21(27)29-2/h3-11H,12-17H2,1-2H3,(H,23,28). The number of benzene rings is 2. The summed E-state index contributed by atoms with van der Waals surface area (Å²) in [5.41, 5.74) is 2.97. The minimum atomic E-state index is -0.198. The molecule has 0 spiro atoms. The fourth-order valence-electron chi connectivity index (χ4n) is 3.31. The molecule has 3 rings (SSSR count). The van der Waals surface area contributed by atoms with Crippen molar-refractivity contribution < 1.29 is 14.3 Å². The van der Waals surface area contributed by atoms with Crippen LogP contribution in [0, 0.1) is 0 Å². The van der Waals surface area contributed by atoms with Crippen LogP contribution in [0.4, 0.5) is 16.2 Å². The number of amides is 2. The van der Waals surface area contributed by atoms with Crippen molar-refractivity contribution in [3.8, 4) is 0 Å².